The molecule has 2 N–H and O–H groups in total. The third kappa shape index (κ3) is 4.14. The van der Waals surface area contributed by atoms with Crippen LogP contribution in [0.1, 0.15) is 32.0 Å². The van der Waals surface area contributed by atoms with Crippen LogP contribution in [0.15, 0.2) is 53.2 Å². The van der Waals surface area contributed by atoms with Crippen molar-refractivity contribution in [3.8, 4) is 5.75 Å². The molecule has 27 heavy (non-hydrogen) atoms. The van der Waals surface area contributed by atoms with Crippen LogP contribution >= 0.6 is 0 Å². The van der Waals surface area contributed by atoms with E-state index in [0.717, 1.165) is 5.56 Å². The summed E-state index contributed by atoms with van der Waals surface area (Å²) in [5.74, 6) is 0.553. The largest absolute Gasteiger partial charge is 0.496 e. The van der Waals surface area contributed by atoms with Gasteiger partial charge < -0.3 is 19.9 Å². The van der Waals surface area contributed by atoms with Crippen LogP contribution < -0.4 is 15.4 Å². The normalized spacial score (nSPS) is 10.3. The van der Waals surface area contributed by atoms with Crippen molar-refractivity contribution >= 4 is 23.2 Å². The van der Waals surface area contributed by atoms with Gasteiger partial charge in [-0.1, -0.05) is 11.2 Å². The highest BCUT2D eigenvalue weighted by Crippen LogP contribution is 2.21. The van der Waals surface area contributed by atoms with Gasteiger partial charge in [-0.05, 0) is 55.8 Å². The predicted molar refractivity (Wildman–Crippen MR) is 101 cm³/mol. The van der Waals surface area contributed by atoms with Gasteiger partial charge in [0.25, 0.3) is 11.8 Å². The Bertz CT molecular complexity index is 977. The van der Waals surface area contributed by atoms with Crippen molar-refractivity contribution in [1.82, 2.24) is 5.16 Å². The number of nitrogens with one attached hydrogen (secondary N) is 2. The number of carbonyl (C=O) groups excluding carboxylic acids is 2. The van der Waals surface area contributed by atoms with Gasteiger partial charge in [-0.3, -0.25) is 9.59 Å². The molecule has 7 heteroatoms. The lowest BCUT2D eigenvalue weighted by molar-refractivity contribution is 0.101. The molecule has 3 aromatic rings. The number of nitrogens with zero attached hydrogens (tertiary/aromatic N) is 1. The minimum absolute atomic E-state index is 0.245. The maximum absolute atomic E-state index is 12.4. The molecule has 0 aliphatic rings. The summed E-state index contributed by atoms with van der Waals surface area (Å²) in [4.78, 5) is 24.5. The quantitative estimate of drug-likeness (QED) is 0.717. The molecular weight excluding hydrogens is 346 g/mol. The standard InChI is InChI=1S/C20H19N3O4/c1-12-4-5-14(10-18(12)26-3)19(24)22-15-6-8-16(9-7-15)23-20(25)17-11-21-27-13(17)2/h4-11H,1-3H3,(H,22,24)(H,23,25). The minimum Gasteiger partial charge on any atom is -0.496 e. The van der Waals surface area contributed by atoms with Crippen molar-refractivity contribution in [2.45, 2.75) is 13.8 Å². The highest BCUT2D eigenvalue weighted by Gasteiger charge is 2.13. The number of carbonyl (C=O) groups is 2. The Kier molecular flexibility index (Phi) is 5.21. The highest BCUT2D eigenvalue weighted by atomic mass is 16.5. The summed E-state index contributed by atoms with van der Waals surface area (Å²) in [6.07, 6.45) is 1.37. The van der Waals surface area contributed by atoms with Crippen molar-refractivity contribution < 1.29 is 18.8 Å². The molecule has 1 aromatic heterocycles. The summed E-state index contributed by atoms with van der Waals surface area (Å²) in [6, 6.07) is 12.1. The minimum atomic E-state index is -0.308. The molecule has 0 fully saturated rings. The van der Waals surface area contributed by atoms with E-state index < -0.39 is 0 Å². The Morgan fingerprint density at radius 3 is 2.15 bits per heavy atom. The fourth-order valence-electron chi connectivity index (χ4n) is 2.52. The lowest BCUT2D eigenvalue weighted by Gasteiger charge is -2.09. The van der Waals surface area contributed by atoms with Crippen molar-refractivity contribution in [2.75, 3.05) is 17.7 Å². The van der Waals surface area contributed by atoms with Crippen LogP contribution in [0.3, 0.4) is 0 Å². The number of hydrogen-bond donors (Lipinski definition) is 2. The van der Waals surface area contributed by atoms with Crippen molar-refractivity contribution in [1.29, 1.82) is 0 Å². The van der Waals surface area contributed by atoms with Crippen molar-refractivity contribution in [2.24, 2.45) is 0 Å². The number of amides is 2. The van der Waals surface area contributed by atoms with Gasteiger partial charge in [0.05, 0.1) is 13.3 Å². The van der Waals surface area contributed by atoms with Gasteiger partial charge in [-0.25, -0.2) is 0 Å². The summed E-state index contributed by atoms with van der Waals surface area (Å²) in [5, 5.41) is 9.15. The van der Waals surface area contributed by atoms with E-state index in [1.54, 1.807) is 50.4 Å². The number of rotatable bonds is 5. The molecule has 2 aromatic carbocycles. The maximum Gasteiger partial charge on any atom is 0.260 e. The van der Waals surface area contributed by atoms with Crippen molar-refractivity contribution in [3.63, 3.8) is 0 Å². The first-order chi connectivity index (χ1) is 13.0. The summed E-state index contributed by atoms with van der Waals surface area (Å²) >= 11 is 0. The van der Waals surface area contributed by atoms with Gasteiger partial charge >= 0.3 is 0 Å². The first-order valence-corrected chi connectivity index (χ1v) is 8.26. The third-order valence-electron chi connectivity index (χ3n) is 4.07. The van der Waals surface area contributed by atoms with Gasteiger partial charge in [-0.15, -0.1) is 0 Å². The molecule has 0 spiro atoms. The zero-order valence-corrected chi connectivity index (χ0v) is 15.2. The number of hydrogen-bond acceptors (Lipinski definition) is 5. The molecule has 0 saturated heterocycles. The smallest absolute Gasteiger partial charge is 0.260 e. The van der Waals surface area contributed by atoms with Crippen LogP contribution in [0, 0.1) is 13.8 Å². The summed E-state index contributed by atoms with van der Waals surface area (Å²) in [5.41, 5.74) is 3.03. The number of anilines is 2. The molecule has 138 valence electrons. The Balaban J connectivity index is 1.66. The molecule has 0 unspecified atom stereocenters. The molecule has 3 rings (SSSR count). The van der Waals surface area contributed by atoms with Gasteiger partial charge in [0.2, 0.25) is 0 Å². The Hall–Kier alpha value is -3.61. The van der Waals surface area contributed by atoms with E-state index in [1.165, 1.54) is 6.20 Å². The monoisotopic (exact) mass is 365 g/mol. The SMILES string of the molecule is COc1cc(C(=O)Nc2ccc(NC(=O)c3cnoc3C)cc2)ccc1C. The topological polar surface area (TPSA) is 93.5 Å². The fraction of sp³-hybridized carbons (Fsp3) is 0.150. The van der Waals surface area contributed by atoms with Gasteiger partial charge in [0.1, 0.15) is 17.1 Å². The van der Waals surface area contributed by atoms with E-state index in [-0.39, 0.29) is 11.8 Å². The fourth-order valence-corrected chi connectivity index (χ4v) is 2.52. The number of methoxy groups -OCH3 is 1. The van der Waals surface area contributed by atoms with E-state index >= 15 is 0 Å². The number of benzene rings is 2. The van der Waals surface area contributed by atoms with E-state index in [0.29, 0.717) is 34.0 Å². The zero-order chi connectivity index (χ0) is 19.4. The Morgan fingerprint density at radius 1 is 0.963 bits per heavy atom. The van der Waals surface area contributed by atoms with Crippen LogP contribution in [0.5, 0.6) is 5.75 Å². The average Bonchev–Trinajstić information content (AvgIpc) is 3.09. The predicted octanol–water partition coefficient (Wildman–Crippen LogP) is 3.80. The molecule has 7 nitrogen and oxygen atoms in total. The summed E-state index contributed by atoms with van der Waals surface area (Å²) < 4.78 is 10.1. The van der Waals surface area contributed by atoms with Crippen LogP contribution in [0.25, 0.3) is 0 Å². The lowest BCUT2D eigenvalue weighted by Crippen LogP contribution is -2.13. The first-order valence-electron chi connectivity index (χ1n) is 8.26. The van der Waals surface area contributed by atoms with Crippen LogP contribution in [0.2, 0.25) is 0 Å². The molecular formula is C20H19N3O4. The zero-order valence-electron chi connectivity index (χ0n) is 15.2. The van der Waals surface area contributed by atoms with E-state index in [9.17, 15) is 9.59 Å². The van der Waals surface area contributed by atoms with Gasteiger partial charge in [-0.2, -0.15) is 0 Å². The second-order valence-corrected chi connectivity index (χ2v) is 5.97. The van der Waals surface area contributed by atoms with Gasteiger partial charge in [0, 0.05) is 16.9 Å². The van der Waals surface area contributed by atoms with E-state index in [2.05, 4.69) is 15.8 Å². The average molecular weight is 365 g/mol. The summed E-state index contributed by atoms with van der Waals surface area (Å²) in [6.45, 7) is 3.58. The Labute approximate surface area is 156 Å². The molecule has 0 atom stereocenters. The molecule has 0 aliphatic heterocycles. The molecule has 0 aliphatic carbocycles. The molecule has 1 heterocycles. The number of aryl methyl sites for hydroxylation is 2. The van der Waals surface area contributed by atoms with E-state index in [4.69, 9.17) is 9.26 Å². The highest BCUT2D eigenvalue weighted by molar-refractivity contribution is 6.06. The molecule has 0 bridgehead atoms. The molecule has 0 saturated carbocycles. The van der Waals surface area contributed by atoms with Crippen LogP contribution in [-0.2, 0) is 0 Å². The lowest BCUT2D eigenvalue weighted by atomic mass is 10.1. The van der Waals surface area contributed by atoms with E-state index in [1.807, 2.05) is 13.0 Å². The maximum atomic E-state index is 12.4. The van der Waals surface area contributed by atoms with Crippen molar-refractivity contribution in [3.05, 3.63) is 71.1 Å². The third-order valence-corrected chi connectivity index (χ3v) is 4.07. The molecule has 0 radical (unpaired) electrons. The number of ether oxygens (including phenoxy) is 1. The molecule has 2 amide bonds. The summed E-state index contributed by atoms with van der Waals surface area (Å²) in [7, 11) is 1.57. The van der Waals surface area contributed by atoms with Crippen LogP contribution in [-0.4, -0.2) is 24.1 Å². The van der Waals surface area contributed by atoms with Gasteiger partial charge in [0.15, 0.2) is 0 Å². The second-order valence-electron chi connectivity index (χ2n) is 5.97. The second kappa shape index (κ2) is 7.74. The number of aromatic nitrogens is 1. The first kappa shape index (κ1) is 18.2. The Morgan fingerprint density at radius 2 is 1.59 bits per heavy atom. The van der Waals surface area contributed by atoms with Crippen LogP contribution in [0.4, 0.5) is 11.4 Å².